The van der Waals surface area contributed by atoms with Crippen molar-refractivity contribution in [3.63, 3.8) is 0 Å². The van der Waals surface area contributed by atoms with Gasteiger partial charge in [0.1, 0.15) is 0 Å². The van der Waals surface area contributed by atoms with Gasteiger partial charge in [0.05, 0.1) is 18.9 Å². The Morgan fingerprint density at radius 1 is 1.69 bits per heavy atom. The van der Waals surface area contributed by atoms with Crippen LogP contribution < -0.4 is 0 Å². The summed E-state index contributed by atoms with van der Waals surface area (Å²) >= 11 is 6.31. The second kappa shape index (κ2) is 4.26. The molecule has 16 heavy (non-hydrogen) atoms. The number of nitrogens with zero attached hydrogens (tertiary/aromatic N) is 1. The predicted molar refractivity (Wildman–Crippen MR) is 63.9 cm³/mol. The third-order valence-corrected chi connectivity index (χ3v) is 2.90. The summed E-state index contributed by atoms with van der Waals surface area (Å²) in [7, 11) is 0. The van der Waals surface area contributed by atoms with Crippen molar-refractivity contribution >= 4 is 23.3 Å². The minimum atomic E-state index is -1.26. The number of alkyl halides is 1. The van der Waals surface area contributed by atoms with E-state index < -0.39 is 10.8 Å². The van der Waals surface area contributed by atoms with Crippen LogP contribution in [-0.2, 0) is 9.53 Å². The molecule has 2 rings (SSSR count). The van der Waals surface area contributed by atoms with Crippen LogP contribution in [0.3, 0.4) is 0 Å². The average molecular weight is 238 g/mol. The summed E-state index contributed by atoms with van der Waals surface area (Å²) in [5, 5.41) is 0. The summed E-state index contributed by atoms with van der Waals surface area (Å²) in [6.07, 6.45) is 9.11. The van der Waals surface area contributed by atoms with E-state index >= 15 is 0 Å². The Hall–Kier alpha value is -1.35. The molecule has 0 fully saturated rings. The van der Waals surface area contributed by atoms with E-state index in [0.29, 0.717) is 18.9 Å². The van der Waals surface area contributed by atoms with E-state index in [-0.39, 0.29) is 0 Å². The Morgan fingerprint density at radius 3 is 3.25 bits per heavy atom. The summed E-state index contributed by atoms with van der Waals surface area (Å²) in [6.45, 7) is 2.61. The molecule has 84 valence electrons. The van der Waals surface area contributed by atoms with Gasteiger partial charge in [-0.15, -0.1) is 0 Å². The molecule has 3 nitrogen and oxygen atoms in total. The van der Waals surface area contributed by atoms with E-state index in [1.165, 1.54) is 0 Å². The molecule has 1 aliphatic heterocycles. The average Bonchev–Trinajstić information content (AvgIpc) is 2.30. The van der Waals surface area contributed by atoms with Gasteiger partial charge in [-0.3, -0.25) is 4.99 Å². The van der Waals surface area contributed by atoms with Gasteiger partial charge in [-0.05, 0) is 18.6 Å². The fraction of sp³-hybridized carbons (Fsp3) is 0.333. The molecule has 1 atom stereocenters. The first-order valence-electron chi connectivity index (χ1n) is 5.16. The molecule has 0 saturated heterocycles. The third-order valence-electron chi connectivity index (χ3n) is 2.44. The van der Waals surface area contributed by atoms with Gasteiger partial charge in [0.25, 0.3) is 0 Å². The Labute approximate surface area is 99.1 Å². The molecule has 4 heteroatoms. The highest BCUT2D eigenvalue weighted by molar-refractivity contribution is 6.51. The number of esters is 1. The number of halogens is 1. The highest BCUT2D eigenvalue weighted by atomic mass is 35.5. The maximum atomic E-state index is 11.8. The molecule has 0 aromatic carbocycles. The molecule has 1 heterocycles. The van der Waals surface area contributed by atoms with Gasteiger partial charge in [0, 0.05) is 0 Å². The zero-order chi connectivity index (χ0) is 11.6. The highest BCUT2D eigenvalue weighted by Crippen LogP contribution is 2.31. The molecule has 2 aliphatic rings. The number of dihydropyridines is 1. The fourth-order valence-corrected chi connectivity index (χ4v) is 2.01. The molecule has 0 aromatic rings. The smallest absolute Gasteiger partial charge is 0.337 e. The first-order valence-corrected chi connectivity index (χ1v) is 5.54. The van der Waals surface area contributed by atoms with Crippen molar-refractivity contribution < 1.29 is 9.53 Å². The Balaban J connectivity index is 2.36. The van der Waals surface area contributed by atoms with Crippen molar-refractivity contribution in [1.82, 2.24) is 0 Å². The summed E-state index contributed by atoms with van der Waals surface area (Å²) in [5.41, 5.74) is 1.45. The summed E-state index contributed by atoms with van der Waals surface area (Å²) in [6, 6.07) is 0. The highest BCUT2D eigenvalue weighted by Gasteiger charge is 2.43. The number of hydrogen-bond donors (Lipinski definition) is 0. The number of rotatable bonds is 2. The predicted octanol–water partition coefficient (Wildman–Crippen LogP) is 2.03. The summed E-state index contributed by atoms with van der Waals surface area (Å²) in [4.78, 5) is 14.9. The maximum absolute atomic E-state index is 11.8. The molecule has 1 aliphatic carbocycles. The van der Waals surface area contributed by atoms with Gasteiger partial charge < -0.3 is 4.74 Å². The largest absolute Gasteiger partial charge is 0.464 e. The molecule has 1 unspecified atom stereocenters. The first-order chi connectivity index (χ1) is 7.68. The van der Waals surface area contributed by atoms with Gasteiger partial charge >= 0.3 is 5.97 Å². The second-order valence-corrected chi connectivity index (χ2v) is 4.10. The van der Waals surface area contributed by atoms with Crippen LogP contribution in [0, 0.1) is 0 Å². The van der Waals surface area contributed by atoms with Crippen LogP contribution in [0.2, 0.25) is 0 Å². The Morgan fingerprint density at radius 2 is 2.50 bits per heavy atom. The number of fused-ring (bicyclic) bond motifs is 1. The van der Waals surface area contributed by atoms with E-state index in [1.54, 1.807) is 19.1 Å². The van der Waals surface area contributed by atoms with Gasteiger partial charge in [0.2, 0.25) is 4.87 Å². The minimum absolute atomic E-state index is 0.309. The summed E-state index contributed by atoms with van der Waals surface area (Å²) in [5.74, 6) is -0.465. The number of allylic oxidation sites excluding steroid dienone is 4. The molecule has 0 N–H and O–H groups in total. The fourth-order valence-electron chi connectivity index (χ4n) is 1.72. The van der Waals surface area contributed by atoms with Gasteiger partial charge in [-0.1, -0.05) is 35.9 Å². The van der Waals surface area contributed by atoms with Crippen LogP contribution in [-0.4, -0.2) is 29.7 Å². The molecular formula is C12H12ClNO2. The summed E-state index contributed by atoms with van der Waals surface area (Å²) < 4.78 is 4.98. The third kappa shape index (κ3) is 1.71. The minimum Gasteiger partial charge on any atom is -0.464 e. The number of ether oxygens (including phenoxy) is 1. The van der Waals surface area contributed by atoms with Crippen LogP contribution >= 0.6 is 11.6 Å². The van der Waals surface area contributed by atoms with Crippen molar-refractivity contribution in [3.8, 4) is 0 Å². The van der Waals surface area contributed by atoms with Crippen molar-refractivity contribution in [2.24, 2.45) is 4.99 Å². The lowest BCUT2D eigenvalue weighted by Gasteiger charge is -2.27. The molecular weight excluding hydrogens is 226 g/mol. The molecule has 0 amide bonds. The lowest BCUT2D eigenvalue weighted by atomic mass is 9.89. The van der Waals surface area contributed by atoms with E-state index in [9.17, 15) is 4.79 Å². The van der Waals surface area contributed by atoms with E-state index in [1.807, 2.05) is 18.2 Å². The van der Waals surface area contributed by atoms with Crippen LogP contribution in [0.1, 0.15) is 6.92 Å². The Kier molecular flexibility index (Phi) is 2.97. The van der Waals surface area contributed by atoms with Crippen molar-refractivity contribution in [2.45, 2.75) is 11.8 Å². The number of carbonyl (C=O) groups is 1. The van der Waals surface area contributed by atoms with E-state index in [0.717, 1.165) is 5.57 Å². The lowest BCUT2D eigenvalue weighted by Crippen LogP contribution is -2.43. The zero-order valence-electron chi connectivity index (χ0n) is 8.94. The molecule has 0 radical (unpaired) electrons. The van der Waals surface area contributed by atoms with Gasteiger partial charge in [-0.25, -0.2) is 4.79 Å². The molecule has 0 spiro atoms. The molecule has 0 bridgehead atoms. The van der Waals surface area contributed by atoms with Crippen molar-refractivity contribution in [2.75, 3.05) is 13.2 Å². The SMILES string of the molecule is CCOC(=O)C1(Cl)C=CC=C2C=CCN=C21. The monoisotopic (exact) mass is 237 g/mol. The number of hydrogen-bond acceptors (Lipinski definition) is 3. The van der Waals surface area contributed by atoms with Crippen LogP contribution in [0.25, 0.3) is 0 Å². The topological polar surface area (TPSA) is 38.7 Å². The quantitative estimate of drug-likeness (QED) is 0.545. The normalized spacial score (nSPS) is 26.9. The molecule has 0 saturated carbocycles. The number of aliphatic imine (C=N–C) groups is 1. The molecule has 0 aromatic heterocycles. The zero-order valence-corrected chi connectivity index (χ0v) is 9.70. The van der Waals surface area contributed by atoms with E-state index in [4.69, 9.17) is 16.3 Å². The van der Waals surface area contributed by atoms with Crippen molar-refractivity contribution in [1.29, 1.82) is 0 Å². The van der Waals surface area contributed by atoms with Gasteiger partial charge in [0.15, 0.2) is 0 Å². The van der Waals surface area contributed by atoms with Crippen LogP contribution in [0.5, 0.6) is 0 Å². The standard InChI is InChI=1S/C12H12ClNO2/c1-2-16-11(15)12(13)7-3-5-9-6-4-8-14-10(9)12/h3-7H,2,8H2,1H3. The second-order valence-electron chi connectivity index (χ2n) is 3.51. The maximum Gasteiger partial charge on any atom is 0.337 e. The van der Waals surface area contributed by atoms with E-state index in [2.05, 4.69) is 4.99 Å². The first kappa shape index (κ1) is 11.1. The van der Waals surface area contributed by atoms with Gasteiger partial charge in [-0.2, -0.15) is 0 Å². The van der Waals surface area contributed by atoms with Crippen molar-refractivity contribution in [3.05, 3.63) is 36.0 Å². The van der Waals surface area contributed by atoms with Crippen LogP contribution in [0.4, 0.5) is 0 Å². The number of carbonyl (C=O) groups excluding carboxylic acids is 1. The lowest BCUT2D eigenvalue weighted by molar-refractivity contribution is -0.143. The Bertz CT molecular complexity index is 434. The van der Waals surface area contributed by atoms with Crippen LogP contribution in [0.15, 0.2) is 40.9 Å².